The lowest BCUT2D eigenvalue weighted by molar-refractivity contribution is -0.116. The average molecular weight is 414 g/mol. The van der Waals surface area contributed by atoms with Gasteiger partial charge in [-0.2, -0.15) is 0 Å². The molecular weight excluding hydrogens is 386 g/mol. The van der Waals surface area contributed by atoms with E-state index in [1.807, 2.05) is 53.1 Å². The minimum Gasteiger partial charge on any atom is -0.497 e. The van der Waals surface area contributed by atoms with Crippen LogP contribution in [0.3, 0.4) is 0 Å². The summed E-state index contributed by atoms with van der Waals surface area (Å²) >= 11 is 0. The number of fused-ring (bicyclic) bond motifs is 1. The highest BCUT2D eigenvalue weighted by molar-refractivity contribution is 5.92. The second-order valence-corrected chi connectivity index (χ2v) is 8.61. The number of para-hydroxylation sites is 2. The number of hydrogen-bond acceptors (Lipinski definition) is 3. The second kappa shape index (κ2) is 8.26. The largest absolute Gasteiger partial charge is 0.497 e. The maximum absolute atomic E-state index is 12.9. The predicted octanol–water partition coefficient (Wildman–Crippen LogP) is 5.65. The molecule has 0 fully saturated rings. The Morgan fingerprint density at radius 2 is 1.65 bits per heavy atom. The molecule has 0 radical (unpaired) electrons. The van der Waals surface area contributed by atoms with Crippen LogP contribution in [0.15, 0.2) is 72.8 Å². The Morgan fingerprint density at radius 1 is 0.968 bits per heavy atom. The van der Waals surface area contributed by atoms with Crippen molar-refractivity contribution in [3.8, 4) is 17.1 Å². The van der Waals surface area contributed by atoms with Gasteiger partial charge in [0.25, 0.3) is 0 Å². The van der Waals surface area contributed by atoms with Crippen LogP contribution in [0.25, 0.3) is 22.4 Å². The van der Waals surface area contributed by atoms with Crippen LogP contribution in [-0.2, 0) is 16.8 Å². The quantitative estimate of drug-likeness (QED) is 0.460. The minimum atomic E-state index is -0.110. The van der Waals surface area contributed by atoms with Crippen molar-refractivity contribution >= 4 is 22.6 Å². The van der Waals surface area contributed by atoms with Crippen molar-refractivity contribution in [1.29, 1.82) is 0 Å². The van der Waals surface area contributed by atoms with Gasteiger partial charge in [-0.3, -0.25) is 4.79 Å². The molecule has 0 saturated heterocycles. The fourth-order valence-corrected chi connectivity index (χ4v) is 3.59. The Hall–Kier alpha value is -3.60. The summed E-state index contributed by atoms with van der Waals surface area (Å²) in [5, 5.41) is 2.96. The number of carbonyl (C=O) groups is 1. The zero-order valence-electron chi connectivity index (χ0n) is 18.3. The standard InChI is InChI=1S/C26H27N3O2/c1-26(2,3)19-11-9-18(10-12-19)25-28-22-7-5-6-8-23(22)29(25)17-24(30)27-20-13-15-21(31-4)16-14-20/h5-16H,17H2,1-4H3,(H,27,30). The molecular formula is C26H27N3O2. The van der Waals surface area contributed by atoms with Crippen molar-refractivity contribution in [3.05, 3.63) is 78.4 Å². The summed E-state index contributed by atoms with van der Waals surface area (Å²) in [5.41, 5.74) is 4.86. The smallest absolute Gasteiger partial charge is 0.244 e. The van der Waals surface area contributed by atoms with Crippen LogP contribution in [0.2, 0.25) is 0 Å². The molecule has 0 spiro atoms. The lowest BCUT2D eigenvalue weighted by atomic mass is 9.87. The molecule has 5 heteroatoms. The molecule has 5 nitrogen and oxygen atoms in total. The van der Waals surface area contributed by atoms with Crippen LogP contribution in [-0.4, -0.2) is 22.6 Å². The van der Waals surface area contributed by atoms with Gasteiger partial charge in [-0.15, -0.1) is 0 Å². The molecule has 1 aromatic heterocycles. The van der Waals surface area contributed by atoms with Crippen molar-refractivity contribution in [2.24, 2.45) is 0 Å². The predicted molar refractivity (Wildman–Crippen MR) is 125 cm³/mol. The fourth-order valence-electron chi connectivity index (χ4n) is 3.59. The summed E-state index contributed by atoms with van der Waals surface area (Å²) in [7, 11) is 1.62. The summed E-state index contributed by atoms with van der Waals surface area (Å²) in [4.78, 5) is 17.7. The van der Waals surface area contributed by atoms with Crippen LogP contribution >= 0.6 is 0 Å². The zero-order valence-corrected chi connectivity index (χ0v) is 18.3. The van der Waals surface area contributed by atoms with Gasteiger partial charge in [0, 0.05) is 11.3 Å². The Balaban J connectivity index is 1.65. The van der Waals surface area contributed by atoms with Gasteiger partial charge in [-0.1, -0.05) is 57.2 Å². The minimum absolute atomic E-state index is 0.0803. The van der Waals surface area contributed by atoms with E-state index < -0.39 is 0 Å². The average Bonchev–Trinajstić information content (AvgIpc) is 3.12. The molecule has 0 aliphatic carbocycles. The Bertz CT molecular complexity index is 1200. The zero-order chi connectivity index (χ0) is 22.0. The number of benzene rings is 3. The molecule has 0 saturated carbocycles. The van der Waals surface area contributed by atoms with E-state index in [0.29, 0.717) is 0 Å². The molecule has 1 N–H and O–H groups in total. The van der Waals surface area contributed by atoms with E-state index in [2.05, 4.69) is 50.4 Å². The number of amides is 1. The number of nitrogens with one attached hydrogen (secondary N) is 1. The summed E-state index contributed by atoms with van der Waals surface area (Å²) in [5.74, 6) is 1.42. The molecule has 1 amide bonds. The first-order valence-corrected chi connectivity index (χ1v) is 10.4. The molecule has 31 heavy (non-hydrogen) atoms. The summed E-state index contributed by atoms with van der Waals surface area (Å²) < 4.78 is 7.15. The first-order valence-electron chi connectivity index (χ1n) is 10.4. The maximum Gasteiger partial charge on any atom is 0.244 e. The van der Waals surface area contributed by atoms with Gasteiger partial charge < -0.3 is 14.6 Å². The highest BCUT2D eigenvalue weighted by Gasteiger charge is 2.17. The number of methoxy groups -OCH3 is 1. The van der Waals surface area contributed by atoms with Crippen LogP contribution in [0, 0.1) is 0 Å². The molecule has 0 aliphatic heterocycles. The molecule has 1 heterocycles. The van der Waals surface area contributed by atoms with Crippen molar-refractivity contribution in [3.63, 3.8) is 0 Å². The number of nitrogens with zero attached hydrogens (tertiary/aromatic N) is 2. The van der Waals surface area contributed by atoms with E-state index in [1.165, 1.54) is 5.56 Å². The van der Waals surface area contributed by atoms with Crippen molar-refractivity contribution in [2.45, 2.75) is 32.7 Å². The number of rotatable bonds is 5. The van der Waals surface area contributed by atoms with Crippen LogP contribution in [0.1, 0.15) is 26.3 Å². The van der Waals surface area contributed by atoms with Gasteiger partial charge in [0.1, 0.15) is 18.1 Å². The van der Waals surface area contributed by atoms with Crippen molar-refractivity contribution < 1.29 is 9.53 Å². The Labute approximate surface area is 182 Å². The first-order chi connectivity index (χ1) is 14.8. The van der Waals surface area contributed by atoms with E-state index in [0.717, 1.165) is 33.9 Å². The molecule has 0 unspecified atom stereocenters. The topological polar surface area (TPSA) is 56.1 Å². The first kappa shape index (κ1) is 20.7. The number of imidazole rings is 1. The van der Waals surface area contributed by atoms with Gasteiger partial charge in [0.15, 0.2) is 0 Å². The number of ether oxygens (including phenoxy) is 1. The highest BCUT2D eigenvalue weighted by atomic mass is 16.5. The Kier molecular flexibility index (Phi) is 5.51. The van der Waals surface area contributed by atoms with Gasteiger partial charge in [-0.05, 0) is 47.4 Å². The summed E-state index contributed by atoms with van der Waals surface area (Å²) in [6, 6.07) is 23.6. The van der Waals surface area contributed by atoms with Gasteiger partial charge in [-0.25, -0.2) is 4.98 Å². The lowest BCUT2D eigenvalue weighted by Gasteiger charge is -2.19. The molecule has 3 aromatic carbocycles. The number of aromatic nitrogens is 2. The van der Waals surface area contributed by atoms with E-state index in [4.69, 9.17) is 9.72 Å². The molecule has 4 aromatic rings. The highest BCUT2D eigenvalue weighted by Crippen LogP contribution is 2.28. The number of anilines is 1. The molecule has 0 bridgehead atoms. The SMILES string of the molecule is COc1ccc(NC(=O)Cn2c(-c3ccc(C(C)(C)C)cc3)nc3ccccc32)cc1. The molecule has 0 aliphatic rings. The van der Waals surface area contributed by atoms with Crippen LogP contribution < -0.4 is 10.1 Å². The van der Waals surface area contributed by atoms with E-state index in [1.54, 1.807) is 7.11 Å². The van der Waals surface area contributed by atoms with Crippen LogP contribution in [0.4, 0.5) is 5.69 Å². The van der Waals surface area contributed by atoms with E-state index in [-0.39, 0.29) is 17.9 Å². The summed E-state index contributed by atoms with van der Waals surface area (Å²) in [6.07, 6.45) is 0. The number of hydrogen-bond donors (Lipinski definition) is 1. The molecule has 4 rings (SSSR count). The van der Waals surface area contributed by atoms with Gasteiger partial charge in [0.2, 0.25) is 5.91 Å². The van der Waals surface area contributed by atoms with E-state index in [9.17, 15) is 4.79 Å². The van der Waals surface area contributed by atoms with Gasteiger partial charge >= 0.3 is 0 Å². The summed E-state index contributed by atoms with van der Waals surface area (Å²) in [6.45, 7) is 6.76. The van der Waals surface area contributed by atoms with E-state index >= 15 is 0 Å². The maximum atomic E-state index is 12.9. The Morgan fingerprint density at radius 3 is 2.29 bits per heavy atom. The lowest BCUT2D eigenvalue weighted by Crippen LogP contribution is -2.19. The second-order valence-electron chi connectivity index (χ2n) is 8.61. The third-order valence-corrected chi connectivity index (χ3v) is 5.34. The van der Waals surface area contributed by atoms with Gasteiger partial charge in [0.05, 0.1) is 18.1 Å². The molecule has 158 valence electrons. The van der Waals surface area contributed by atoms with Crippen molar-refractivity contribution in [1.82, 2.24) is 9.55 Å². The monoisotopic (exact) mass is 413 g/mol. The van der Waals surface area contributed by atoms with Crippen molar-refractivity contribution in [2.75, 3.05) is 12.4 Å². The number of carbonyl (C=O) groups excluding carboxylic acids is 1. The van der Waals surface area contributed by atoms with Crippen LogP contribution in [0.5, 0.6) is 5.75 Å². The third kappa shape index (κ3) is 4.45. The third-order valence-electron chi connectivity index (χ3n) is 5.34. The fraction of sp³-hybridized carbons (Fsp3) is 0.231. The molecule has 0 atom stereocenters. The normalized spacial score (nSPS) is 11.5.